The molecule has 1 saturated carbocycles. The first-order valence-electron chi connectivity index (χ1n) is 7.98. The van der Waals surface area contributed by atoms with E-state index < -0.39 is 0 Å². The molecule has 3 N–H and O–H groups in total. The van der Waals surface area contributed by atoms with E-state index in [0.717, 1.165) is 30.5 Å². The summed E-state index contributed by atoms with van der Waals surface area (Å²) in [6.45, 7) is 2.40. The molecule has 6 heteroatoms. The molecule has 1 fully saturated rings. The van der Waals surface area contributed by atoms with Gasteiger partial charge in [0.25, 0.3) is 0 Å². The Kier molecular flexibility index (Phi) is 4.62. The highest BCUT2D eigenvalue weighted by Gasteiger charge is 2.25. The summed E-state index contributed by atoms with van der Waals surface area (Å²) in [6.07, 6.45) is 4.40. The zero-order valence-electron chi connectivity index (χ0n) is 13.2. The Morgan fingerprint density at radius 3 is 2.83 bits per heavy atom. The second kappa shape index (κ2) is 6.83. The summed E-state index contributed by atoms with van der Waals surface area (Å²) in [5.41, 5.74) is 1.84. The van der Waals surface area contributed by atoms with Crippen LogP contribution in [0.2, 0.25) is 0 Å². The van der Waals surface area contributed by atoms with E-state index in [1.54, 1.807) is 4.68 Å². The van der Waals surface area contributed by atoms with Crippen LogP contribution in [0.4, 0.5) is 10.6 Å². The van der Waals surface area contributed by atoms with Crippen molar-refractivity contribution in [1.82, 2.24) is 15.1 Å². The van der Waals surface area contributed by atoms with Crippen LogP contribution in [0.25, 0.3) is 5.69 Å². The zero-order chi connectivity index (χ0) is 16.2. The Bertz CT molecular complexity index is 668. The Balaban J connectivity index is 1.59. The van der Waals surface area contributed by atoms with Crippen LogP contribution in [-0.2, 0) is 0 Å². The van der Waals surface area contributed by atoms with Crippen molar-refractivity contribution in [2.24, 2.45) is 5.92 Å². The SMILES string of the molecule is Cc1cn(-c2ccccc2)nc1NC(=O)NC[C@@H]1CCC[C@H]1O. The average Bonchev–Trinajstić information content (AvgIpc) is 3.12. The number of hydrogen-bond acceptors (Lipinski definition) is 3. The minimum Gasteiger partial charge on any atom is -0.393 e. The number of aliphatic hydroxyl groups is 1. The number of aryl methyl sites for hydroxylation is 1. The van der Waals surface area contributed by atoms with E-state index in [0.29, 0.717) is 12.4 Å². The Morgan fingerprint density at radius 1 is 1.35 bits per heavy atom. The highest BCUT2D eigenvalue weighted by atomic mass is 16.3. The number of amides is 2. The summed E-state index contributed by atoms with van der Waals surface area (Å²) < 4.78 is 1.74. The Labute approximate surface area is 135 Å². The third-order valence-corrected chi connectivity index (χ3v) is 4.29. The van der Waals surface area contributed by atoms with Crippen LogP contribution in [0.15, 0.2) is 36.5 Å². The number of urea groups is 1. The van der Waals surface area contributed by atoms with Gasteiger partial charge in [0.15, 0.2) is 5.82 Å². The van der Waals surface area contributed by atoms with E-state index in [1.165, 1.54) is 0 Å². The lowest BCUT2D eigenvalue weighted by molar-refractivity contribution is 0.133. The number of carbonyl (C=O) groups is 1. The highest BCUT2D eigenvalue weighted by Crippen LogP contribution is 2.24. The fraction of sp³-hybridized carbons (Fsp3) is 0.412. The first kappa shape index (κ1) is 15.6. The molecular formula is C17H22N4O2. The predicted octanol–water partition coefficient (Wildman–Crippen LogP) is 2.46. The van der Waals surface area contributed by atoms with E-state index in [9.17, 15) is 9.90 Å². The molecule has 1 aliphatic carbocycles. The summed E-state index contributed by atoms with van der Waals surface area (Å²) >= 11 is 0. The van der Waals surface area contributed by atoms with Crippen LogP contribution in [0, 0.1) is 12.8 Å². The minimum atomic E-state index is -0.297. The minimum absolute atomic E-state index is 0.156. The molecule has 122 valence electrons. The topological polar surface area (TPSA) is 79.2 Å². The molecule has 1 heterocycles. The summed E-state index contributed by atoms with van der Waals surface area (Å²) in [5, 5.41) is 19.8. The van der Waals surface area contributed by atoms with E-state index >= 15 is 0 Å². The number of nitrogens with one attached hydrogen (secondary N) is 2. The van der Waals surface area contributed by atoms with Crippen LogP contribution in [0.5, 0.6) is 0 Å². The maximum Gasteiger partial charge on any atom is 0.320 e. The number of rotatable bonds is 4. The molecular weight excluding hydrogens is 292 g/mol. The van der Waals surface area contributed by atoms with Crippen molar-refractivity contribution in [3.8, 4) is 5.69 Å². The number of benzene rings is 1. The molecule has 3 rings (SSSR count). The molecule has 0 spiro atoms. The third kappa shape index (κ3) is 3.71. The molecule has 1 aliphatic rings. The number of para-hydroxylation sites is 1. The Morgan fingerprint density at radius 2 is 2.13 bits per heavy atom. The first-order chi connectivity index (χ1) is 11.1. The van der Waals surface area contributed by atoms with Crippen LogP contribution in [0.1, 0.15) is 24.8 Å². The van der Waals surface area contributed by atoms with Crippen molar-refractivity contribution in [2.75, 3.05) is 11.9 Å². The van der Waals surface area contributed by atoms with Gasteiger partial charge in [-0.1, -0.05) is 24.6 Å². The lowest BCUT2D eigenvalue weighted by Crippen LogP contribution is -2.35. The smallest absolute Gasteiger partial charge is 0.320 e. The lowest BCUT2D eigenvalue weighted by Gasteiger charge is -2.15. The maximum atomic E-state index is 12.0. The van der Waals surface area contributed by atoms with Crippen LogP contribution in [-0.4, -0.2) is 33.6 Å². The van der Waals surface area contributed by atoms with Gasteiger partial charge in [-0.05, 0) is 31.9 Å². The van der Waals surface area contributed by atoms with Crippen molar-refractivity contribution in [3.05, 3.63) is 42.1 Å². The molecule has 23 heavy (non-hydrogen) atoms. The molecule has 1 aromatic heterocycles. The van der Waals surface area contributed by atoms with Gasteiger partial charge in [-0.3, -0.25) is 5.32 Å². The molecule has 6 nitrogen and oxygen atoms in total. The maximum absolute atomic E-state index is 12.0. The van der Waals surface area contributed by atoms with Crippen molar-refractivity contribution in [1.29, 1.82) is 0 Å². The monoisotopic (exact) mass is 314 g/mol. The summed E-state index contributed by atoms with van der Waals surface area (Å²) in [6, 6.07) is 9.46. The van der Waals surface area contributed by atoms with Gasteiger partial charge in [0.1, 0.15) is 0 Å². The summed E-state index contributed by atoms with van der Waals surface area (Å²) in [7, 11) is 0. The second-order valence-electron chi connectivity index (χ2n) is 6.03. The van der Waals surface area contributed by atoms with Crippen LogP contribution < -0.4 is 10.6 Å². The molecule has 1 aromatic carbocycles. The van der Waals surface area contributed by atoms with Gasteiger partial charge < -0.3 is 10.4 Å². The largest absolute Gasteiger partial charge is 0.393 e. The average molecular weight is 314 g/mol. The highest BCUT2D eigenvalue weighted by molar-refractivity contribution is 5.88. The van der Waals surface area contributed by atoms with Gasteiger partial charge in [0.05, 0.1) is 11.8 Å². The lowest BCUT2D eigenvalue weighted by atomic mass is 10.1. The summed E-state index contributed by atoms with van der Waals surface area (Å²) in [4.78, 5) is 12.0. The quantitative estimate of drug-likeness (QED) is 0.811. The van der Waals surface area contributed by atoms with Gasteiger partial charge >= 0.3 is 6.03 Å². The standard InChI is InChI=1S/C17H22N4O2/c1-12-11-21(14-7-3-2-4-8-14)20-16(12)19-17(23)18-10-13-6-5-9-15(13)22/h2-4,7-8,11,13,15,22H,5-6,9-10H2,1H3,(H2,18,19,20,23)/t13-,15+/m0/s1. The van der Waals surface area contributed by atoms with E-state index in [2.05, 4.69) is 15.7 Å². The summed E-state index contributed by atoms with van der Waals surface area (Å²) in [5.74, 6) is 0.696. The third-order valence-electron chi connectivity index (χ3n) is 4.29. The predicted molar refractivity (Wildman–Crippen MR) is 88.7 cm³/mol. The fourth-order valence-corrected chi connectivity index (χ4v) is 2.93. The number of anilines is 1. The van der Waals surface area contributed by atoms with E-state index in [-0.39, 0.29) is 18.1 Å². The molecule has 2 amide bonds. The van der Waals surface area contributed by atoms with Crippen molar-refractivity contribution in [3.63, 3.8) is 0 Å². The molecule has 0 bridgehead atoms. The Hall–Kier alpha value is -2.34. The molecule has 0 radical (unpaired) electrons. The number of nitrogens with zero attached hydrogens (tertiary/aromatic N) is 2. The number of hydrogen-bond donors (Lipinski definition) is 3. The molecule has 2 aromatic rings. The van der Waals surface area contributed by atoms with Gasteiger partial charge in [0.2, 0.25) is 0 Å². The van der Waals surface area contributed by atoms with Crippen molar-refractivity contribution < 1.29 is 9.90 Å². The van der Waals surface area contributed by atoms with Crippen molar-refractivity contribution in [2.45, 2.75) is 32.3 Å². The van der Waals surface area contributed by atoms with Crippen LogP contribution >= 0.6 is 0 Å². The van der Waals surface area contributed by atoms with Gasteiger partial charge in [-0.15, -0.1) is 5.10 Å². The van der Waals surface area contributed by atoms with E-state index in [1.807, 2.05) is 43.5 Å². The van der Waals surface area contributed by atoms with Crippen LogP contribution in [0.3, 0.4) is 0 Å². The number of aromatic nitrogens is 2. The van der Waals surface area contributed by atoms with Gasteiger partial charge in [-0.25, -0.2) is 9.48 Å². The molecule has 0 aliphatic heterocycles. The molecule has 0 saturated heterocycles. The normalized spacial score (nSPS) is 20.4. The fourth-order valence-electron chi connectivity index (χ4n) is 2.93. The number of aliphatic hydroxyl groups excluding tert-OH is 1. The molecule has 2 atom stereocenters. The van der Waals surface area contributed by atoms with Crippen molar-refractivity contribution >= 4 is 11.8 Å². The van der Waals surface area contributed by atoms with Gasteiger partial charge in [0, 0.05) is 24.2 Å². The first-order valence-corrected chi connectivity index (χ1v) is 7.98. The van der Waals surface area contributed by atoms with E-state index in [4.69, 9.17) is 0 Å². The second-order valence-corrected chi connectivity index (χ2v) is 6.03. The number of carbonyl (C=O) groups excluding carboxylic acids is 1. The molecule has 0 unspecified atom stereocenters. The van der Waals surface area contributed by atoms with Gasteiger partial charge in [-0.2, -0.15) is 0 Å². The zero-order valence-corrected chi connectivity index (χ0v) is 13.2.